The molecule has 0 spiro atoms. The Morgan fingerprint density at radius 3 is 2.90 bits per heavy atom. The Morgan fingerprint density at radius 2 is 2.40 bits per heavy atom. The molecule has 0 saturated heterocycles. The van der Waals surface area contributed by atoms with Crippen LogP contribution in [0.3, 0.4) is 0 Å². The Morgan fingerprint density at radius 1 is 1.80 bits per heavy atom. The molecule has 1 aromatic rings. The summed E-state index contributed by atoms with van der Waals surface area (Å²) in [4.78, 5) is 0.0718. The largest absolute Gasteiger partial charge is 0.591 e. The second kappa shape index (κ2) is 2.02. The molecule has 0 aliphatic rings. The number of hydrogen-bond acceptors (Lipinski definition) is 4. The lowest BCUT2D eigenvalue weighted by molar-refractivity contribution is -0.674. The van der Waals surface area contributed by atoms with E-state index in [1.807, 2.05) is 0 Å². The van der Waals surface area contributed by atoms with Gasteiger partial charge in [0, 0.05) is 10.7 Å². The van der Waals surface area contributed by atoms with Gasteiger partial charge in [0.05, 0.1) is 6.07 Å². The normalized spacial score (nSPS) is 9.70. The van der Waals surface area contributed by atoms with Crippen LogP contribution >= 0.6 is 0 Å². The van der Waals surface area contributed by atoms with Crippen LogP contribution in [0.15, 0.2) is 6.07 Å². The van der Waals surface area contributed by atoms with Gasteiger partial charge in [0.15, 0.2) is 5.82 Å². The van der Waals surface area contributed by atoms with Crippen LogP contribution in [-0.4, -0.2) is 10.2 Å². The molecular weight excluding hydrogens is 134 g/mol. The average molecular weight is 141 g/mol. The van der Waals surface area contributed by atoms with Crippen molar-refractivity contribution in [3.63, 3.8) is 0 Å². The first-order chi connectivity index (χ1) is 4.61. The van der Waals surface area contributed by atoms with Crippen LogP contribution in [0.5, 0.6) is 5.88 Å². The quantitative estimate of drug-likeness (QED) is 0.370. The van der Waals surface area contributed by atoms with Gasteiger partial charge in [-0.2, -0.15) is 0 Å². The van der Waals surface area contributed by atoms with Crippen LogP contribution in [0.4, 0.5) is 5.82 Å². The summed E-state index contributed by atoms with van der Waals surface area (Å²) >= 11 is 0. The summed E-state index contributed by atoms with van der Waals surface area (Å²) in [6.07, 6.45) is 0. The first-order valence-electron chi connectivity index (χ1n) is 2.67. The maximum Gasteiger partial charge on any atom is 0.403 e. The van der Waals surface area contributed by atoms with Gasteiger partial charge in [0.1, 0.15) is 0 Å². The highest BCUT2D eigenvalue weighted by Gasteiger charge is 2.06. The van der Waals surface area contributed by atoms with E-state index in [9.17, 15) is 5.21 Å². The van der Waals surface area contributed by atoms with Crippen molar-refractivity contribution in [3.8, 4) is 5.88 Å². The Labute approximate surface area is 57.3 Å². The molecule has 0 aromatic carbocycles. The van der Waals surface area contributed by atoms with E-state index in [0.717, 1.165) is 0 Å². The first kappa shape index (κ1) is 6.60. The standard InChI is InChI=1S/C5H7N3O2/c1-3-2-4(9)8(10)7-5(3)6/h2,9H,1H3,(H2,6,7). The van der Waals surface area contributed by atoms with E-state index in [4.69, 9.17) is 10.8 Å². The average Bonchev–Trinajstić information content (AvgIpc) is 1.84. The highest BCUT2D eigenvalue weighted by Crippen LogP contribution is 2.07. The summed E-state index contributed by atoms with van der Waals surface area (Å²) in [5.41, 5.74) is 5.83. The Bertz CT molecular complexity index is 211. The second-order valence-electron chi connectivity index (χ2n) is 1.94. The molecule has 0 atom stereocenters. The van der Waals surface area contributed by atoms with Gasteiger partial charge >= 0.3 is 5.88 Å². The van der Waals surface area contributed by atoms with Crippen LogP contribution < -0.4 is 10.6 Å². The predicted molar refractivity (Wildman–Crippen MR) is 34.0 cm³/mol. The van der Waals surface area contributed by atoms with Gasteiger partial charge in [-0.25, -0.2) is 0 Å². The minimum absolute atomic E-state index is 0.0718. The van der Waals surface area contributed by atoms with Crippen molar-refractivity contribution in [2.45, 2.75) is 6.92 Å². The number of hydrogen-bond donors (Lipinski definition) is 2. The molecular formula is C5H7N3O2. The molecule has 1 aromatic heterocycles. The highest BCUT2D eigenvalue weighted by atomic mass is 16.5. The van der Waals surface area contributed by atoms with Gasteiger partial charge in [-0.1, -0.05) is 0 Å². The fraction of sp³-hybridized carbons (Fsp3) is 0.200. The molecule has 0 aliphatic carbocycles. The molecule has 10 heavy (non-hydrogen) atoms. The van der Waals surface area contributed by atoms with Crippen LogP contribution in [-0.2, 0) is 0 Å². The van der Waals surface area contributed by atoms with Gasteiger partial charge in [-0.05, 0) is 11.8 Å². The fourth-order valence-corrected chi connectivity index (χ4v) is 0.551. The van der Waals surface area contributed by atoms with Crippen LogP contribution in [0, 0.1) is 12.1 Å². The molecule has 0 radical (unpaired) electrons. The Balaban J connectivity index is 3.28. The predicted octanol–water partition coefficient (Wildman–Crippen LogP) is -0.689. The van der Waals surface area contributed by atoms with Crippen molar-refractivity contribution >= 4 is 5.82 Å². The SMILES string of the molecule is Cc1cc(O)[n+]([O-])nc1N. The first-order valence-corrected chi connectivity index (χ1v) is 2.67. The number of nitrogens with two attached hydrogens (primary N) is 1. The van der Waals surface area contributed by atoms with E-state index < -0.39 is 5.88 Å². The zero-order chi connectivity index (χ0) is 7.72. The van der Waals surface area contributed by atoms with Gasteiger partial charge in [0.2, 0.25) is 0 Å². The van der Waals surface area contributed by atoms with Crippen LogP contribution in [0.25, 0.3) is 0 Å². The van der Waals surface area contributed by atoms with Crippen molar-refractivity contribution in [1.29, 1.82) is 0 Å². The van der Waals surface area contributed by atoms with E-state index in [1.54, 1.807) is 6.92 Å². The zero-order valence-electron chi connectivity index (χ0n) is 5.40. The van der Waals surface area contributed by atoms with Crippen molar-refractivity contribution in [2.24, 2.45) is 0 Å². The van der Waals surface area contributed by atoms with Gasteiger partial charge in [0.25, 0.3) is 0 Å². The number of aryl methyl sites for hydroxylation is 1. The van der Waals surface area contributed by atoms with E-state index in [1.165, 1.54) is 6.07 Å². The van der Waals surface area contributed by atoms with E-state index in [-0.39, 0.29) is 10.7 Å². The number of rotatable bonds is 0. The molecule has 54 valence electrons. The topological polar surface area (TPSA) is 86.1 Å². The van der Waals surface area contributed by atoms with Crippen molar-refractivity contribution in [1.82, 2.24) is 5.10 Å². The summed E-state index contributed by atoms with van der Waals surface area (Å²) in [6, 6.07) is 1.26. The molecule has 0 unspecified atom stereocenters. The lowest BCUT2D eigenvalue weighted by Crippen LogP contribution is -2.32. The second-order valence-corrected chi connectivity index (χ2v) is 1.94. The smallest absolute Gasteiger partial charge is 0.403 e. The summed E-state index contributed by atoms with van der Waals surface area (Å²) < 4.78 is 0. The summed E-state index contributed by atoms with van der Waals surface area (Å²) in [7, 11) is 0. The minimum Gasteiger partial charge on any atom is -0.591 e. The number of aromatic nitrogens is 2. The molecule has 3 N–H and O–H groups in total. The molecule has 0 saturated carbocycles. The maximum absolute atomic E-state index is 10.5. The third kappa shape index (κ3) is 0.928. The molecule has 0 fully saturated rings. The number of nitrogen functional groups attached to an aromatic ring is 1. The van der Waals surface area contributed by atoms with Crippen LogP contribution in [0.2, 0.25) is 0 Å². The molecule has 0 amide bonds. The highest BCUT2D eigenvalue weighted by molar-refractivity contribution is 5.36. The van der Waals surface area contributed by atoms with E-state index >= 15 is 0 Å². The molecule has 5 heteroatoms. The summed E-state index contributed by atoms with van der Waals surface area (Å²) in [5.74, 6) is -0.306. The monoisotopic (exact) mass is 141 g/mol. The zero-order valence-corrected chi connectivity index (χ0v) is 5.40. The number of nitrogens with zero attached hydrogens (tertiary/aromatic N) is 2. The Hall–Kier alpha value is -1.52. The number of anilines is 1. The van der Waals surface area contributed by atoms with Gasteiger partial charge in [-0.15, -0.1) is 0 Å². The van der Waals surface area contributed by atoms with E-state index in [0.29, 0.717) is 5.56 Å². The molecule has 0 aliphatic heterocycles. The fourth-order valence-electron chi connectivity index (χ4n) is 0.551. The lowest BCUT2D eigenvalue weighted by atomic mass is 10.3. The van der Waals surface area contributed by atoms with E-state index in [2.05, 4.69) is 5.10 Å². The molecule has 5 nitrogen and oxygen atoms in total. The lowest BCUT2D eigenvalue weighted by Gasteiger charge is -1.97. The third-order valence-corrected chi connectivity index (χ3v) is 1.14. The molecule has 1 heterocycles. The van der Waals surface area contributed by atoms with Crippen molar-refractivity contribution in [2.75, 3.05) is 5.73 Å². The minimum atomic E-state index is -0.438. The van der Waals surface area contributed by atoms with Crippen LogP contribution in [0.1, 0.15) is 5.56 Å². The number of aromatic hydroxyl groups is 1. The Kier molecular flexibility index (Phi) is 1.33. The summed E-state index contributed by atoms with van der Waals surface area (Å²) in [6.45, 7) is 1.65. The maximum atomic E-state index is 10.5. The molecule has 1 rings (SSSR count). The molecule has 0 bridgehead atoms. The van der Waals surface area contributed by atoms with Crippen molar-refractivity contribution in [3.05, 3.63) is 16.8 Å². The van der Waals surface area contributed by atoms with Gasteiger partial charge in [-0.3, -0.25) is 0 Å². The van der Waals surface area contributed by atoms with Crippen molar-refractivity contribution < 1.29 is 9.95 Å². The third-order valence-electron chi connectivity index (χ3n) is 1.14. The van der Waals surface area contributed by atoms with Gasteiger partial charge < -0.3 is 16.0 Å². The summed E-state index contributed by atoms with van der Waals surface area (Å²) in [5, 5.41) is 22.5.